The highest BCUT2D eigenvalue weighted by atomic mass is 32.2. The van der Waals surface area contributed by atoms with Gasteiger partial charge in [0.1, 0.15) is 11.9 Å². The minimum Gasteiger partial charge on any atom is -0.340 e. The summed E-state index contributed by atoms with van der Waals surface area (Å²) in [7, 11) is 0. The smallest absolute Gasteiger partial charge is 0.260 e. The van der Waals surface area contributed by atoms with E-state index in [1.807, 2.05) is 12.3 Å². The second-order valence-corrected chi connectivity index (χ2v) is 7.12. The molecule has 0 spiro atoms. The number of halogens is 1. The van der Waals surface area contributed by atoms with Crippen molar-refractivity contribution in [2.75, 3.05) is 17.3 Å². The Balaban J connectivity index is 1.92. The van der Waals surface area contributed by atoms with Gasteiger partial charge in [0.25, 0.3) is 11.8 Å². The molecule has 148 valence electrons. The van der Waals surface area contributed by atoms with Crippen LogP contribution in [0.5, 0.6) is 0 Å². The van der Waals surface area contributed by atoms with Gasteiger partial charge in [-0.15, -0.1) is 0 Å². The van der Waals surface area contributed by atoms with Crippen molar-refractivity contribution in [3.63, 3.8) is 0 Å². The first-order valence-corrected chi connectivity index (χ1v) is 10.3. The maximum atomic E-state index is 13.6. The number of carbonyl (C=O) groups excluding carboxylic acids is 2. The highest BCUT2D eigenvalue weighted by Crippen LogP contribution is 2.11. The Kier molecular flexibility index (Phi) is 8.70. The van der Waals surface area contributed by atoms with E-state index in [9.17, 15) is 14.0 Å². The van der Waals surface area contributed by atoms with Crippen LogP contribution in [0.15, 0.2) is 54.6 Å². The molecule has 0 saturated heterocycles. The van der Waals surface area contributed by atoms with E-state index in [0.29, 0.717) is 17.7 Å². The average molecular weight is 421 g/mol. The second-order valence-electron chi connectivity index (χ2n) is 5.72. The van der Waals surface area contributed by atoms with E-state index < -0.39 is 17.8 Å². The summed E-state index contributed by atoms with van der Waals surface area (Å²) in [6.07, 6.45) is 2.36. The van der Waals surface area contributed by atoms with Gasteiger partial charge in [-0.3, -0.25) is 20.4 Å². The van der Waals surface area contributed by atoms with Gasteiger partial charge in [-0.25, -0.2) is 4.39 Å². The lowest BCUT2D eigenvalue weighted by atomic mass is 10.1. The molecule has 9 heteroatoms. The van der Waals surface area contributed by atoms with Crippen molar-refractivity contribution in [2.45, 2.75) is 12.5 Å². The minimum absolute atomic E-state index is 0.0245. The van der Waals surface area contributed by atoms with E-state index >= 15 is 0 Å². The Morgan fingerprint density at radius 1 is 1.07 bits per heavy atom. The van der Waals surface area contributed by atoms with Crippen LogP contribution >= 0.6 is 24.0 Å². The molecular weight excluding hydrogens is 399 g/mol. The normalized spacial score (nSPS) is 11.2. The number of thiocarbonyl (C=S) groups is 1. The lowest BCUT2D eigenvalue weighted by molar-refractivity contribution is -0.123. The van der Waals surface area contributed by atoms with Crippen LogP contribution in [-0.4, -0.2) is 35.0 Å². The number of para-hydroxylation sites is 1. The van der Waals surface area contributed by atoms with Crippen molar-refractivity contribution >= 4 is 46.6 Å². The molecule has 0 aliphatic heterocycles. The fourth-order valence-electron chi connectivity index (χ4n) is 2.26. The summed E-state index contributed by atoms with van der Waals surface area (Å²) in [5.74, 6) is -0.568. The fourth-order valence-corrected chi connectivity index (χ4v) is 2.89. The van der Waals surface area contributed by atoms with Crippen LogP contribution < -0.4 is 21.5 Å². The van der Waals surface area contributed by atoms with Crippen molar-refractivity contribution in [1.29, 1.82) is 0 Å². The second kappa shape index (κ2) is 11.3. The van der Waals surface area contributed by atoms with Gasteiger partial charge in [0.2, 0.25) is 0 Å². The number of amides is 2. The first-order chi connectivity index (χ1) is 13.5. The molecule has 0 radical (unpaired) electrons. The SMILES string of the molecule is CSCC[C@H](NC(=O)c1ccccc1)C(=O)NNC(=S)Nc1ccccc1F. The Morgan fingerprint density at radius 2 is 1.75 bits per heavy atom. The lowest BCUT2D eigenvalue weighted by Crippen LogP contribution is -2.53. The third kappa shape index (κ3) is 6.82. The standard InChI is InChI=1S/C19H21FN4O2S2/c1-28-12-11-16(21-17(25)13-7-3-2-4-8-13)18(26)23-24-19(27)22-15-10-6-5-9-14(15)20/h2-10,16H,11-12H2,1H3,(H,21,25)(H,23,26)(H2,22,24,27)/t16-/m0/s1. The lowest BCUT2D eigenvalue weighted by Gasteiger charge is -2.19. The first-order valence-electron chi connectivity index (χ1n) is 8.47. The zero-order valence-electron chi connectivity index (χ0n) is 15.2. The Bertz CT molecular complexity index is 821. The van der Waals surface area contributed by atoms with Crippen molar-refractivity contribution in [2.24, 2.45) is 0 Å². The van der Waals surface area contributed by atoms with Crippen molar-refractivity contribution in [3.8, 4) is 0 Å². The number of hydrogen-bond acceptors (Lipinski definition) is 4. The predicted octanol–water partition coefficient (Wildman–Crippen LogP) is 2.70. The maximum Gasteiger partial charge on any atom is 0.260 e. The monoisotopic (exact) mass is 420 g/mol. The molecule has 28 heavy (non-hydrogen) atoms. The molecule has 2 aromatic carbocycles. The number of carbonyl (C=O) groups is 2. The Morgan fingerprint density at radius 3 is 2.43 bits per heavy atom. The molecule has 0 bridgehead atoms. The van der Waals surface area contributed by atoms with E-state index in [-0.39, 0.29) is 16.7 Å². The van der Waals surface area contributed by atoms with Crippen molar-refractivity contribution in [3.05, 3.63) is 66.0 Å². The minimum atomic E-state index is -0.746. The third-order valence-electron chi connectivity index (χ3n) is 3.69. The van der Waals surface area contributed by atoms with Crippen LogP contribution in [0.1, 0.15) is 16.8 Å². The van der Waals surface area contributed by atoms with Crippen molar-refractivity contribution in [1.82, 2.24) is 16.2 Å². The third-order valence-corrected chi connectivity index (χ3v) is 4.54. The predicted molar refractivity (Wildman–Crippen MR) is 115 cm³/mol. The number of hydrazine groups is 1. The molecule has 0 unspecified atom stereocenters. The summed E-state index contributed by atoms with van der Waals surface area (Å²) in [4.78, 5) is 24.8. The van der Waals surface area contributed by atoms with Gasteiger partial charge in [-0.2, -0.15) is 11.8 Å². The molecule has 0 heterocycles. The van der Waals surface area contributed by atoms with Gasteiger partial charge in [-0.05, 0) is 54.9 Å². The molecule has 1 atom stereocenters. The van der Waals surface area contributed by atoms with Gasteiger partial charge >= 0.3 is 0 Å². The van der Waals surface area contributed by atoms with Gasteiger partial charge in [0, 0.05) is 5.56 Å². The summed E-state index contributed by atoms with van der Waals surface area (Å²) in [5, 5.41) is 5.40. The molecule has 0 saturated carbocycles. The van der Waals surface area contributed by atoms with Gasteiger partial charge < -0.3 is 10.6 Å². The summed E-state index contributed by atoms with van der Waals surface area (Å²) in [5.41, 5.74) is 5.63. The molecule has 0 fully saturated rings. The zero-order valence-corrected chi connectivity index (χ0v) is 16.8. The van der Waals surface area contributed by atoms with Crippen LogP contribution in [0, 0.1) is 5.82 Å². The van der Waals surface area contributed by atoms with Gasteiger partial charge in [0.15, 0.2) is 5.11 Å². The van der Waals surface area contributed by atoms with Crippen LogP contribution in [-0.2, 0) is 4.79 Å². The summed E-state index contributed by atoms with van der Waals surface area (Å²) < 4.78 is 13.6. The number of nitrogens with one attached hydrogen (secondary N) is 4. The highest BCUT2D eigenvalue weighted by molar-refractivity contribution is 7.98. The molecule has 2 aromatic rings. The van der Waals surface area contributed by atoms with Crippen LogP contribution in [0.4, 0.5) is 10.1 Å². The highest BCUT2D eigenvalue weighted by Gasteiger charge is 2.21. The summed E-state index contributed by atoms with van der Waals surface area (Å²) >= 11 is 6.62. The number of thioether (sulfide) groups is 1. The summed E-state index contributed by atoms with van der Waals surface area (Å²) in [6.45, 7) is 0. The number of hydrogen-bond donors (Lipinski definition) is 4. The van der Waals surface area contributed by atoms with E-state index in [0.717, 1.165) is 0 Å². The molecule has 4 N–H and O–H groups in total. The summed E-state index contributed by atoms with van der Waals surface area (Å²) in [6, 6.07) is 13.9. The van der Waals surface area contributed by atoms with Crippen LogP contribution in [0.3, 0.4) is 0 Å². The molecule has 2 amide bonds. The van der Waals surface area contributed by atoms with E-state index in [4.69, 9.17) is 12.2 Å². The molecular formula is C19H21FN4O2S2. The zero-order chi connectivity index (χ0) is 20.4. The molecule has 0 aromatic heterocycles. The largest absolute Gasteiger partial charge is 0.340 e. The van der Waals surface area contributed by atoms with Gasteiger partial charge in [0.05, 0.1) is 5.69 Å². The van der Waals surface area contributed by atoms with Crippen LogP contribution in [0.2, 0.25) is 0 Å². The number of benzene rings is 2. The first kappa shape index (κ1) is 21.6. The fraction of sp³-hybridized carbons (Fsp3) is 0.211. The van der Waals surface area contributed by atoms with Crippen LogP contribution in [0.25, 0.3) is 0 Å². The van der Waals surface area contributed by atoms with E-state index in [1.165, 1.54) is 12.1 Å². The molecule has 6 nitrogen and oxygen atoms in total. The topological polar surface area (TPSA) is 82.3 Å². The maximum absolute atomic E-state index is 13.6. The Hall–Kier alpha value is -2.65. The molecule has 2 rings (SSSR count). The Labute approximate surface area is 172 Å². The van der Waals surface area contributed by atoms with Gasteiger partial charge in [-0.1, -0.05) is 30.3 Å². The molecule has 0 aliphatic carbocycles. The number of rotatable bonds is 7. The number of anilines is 1. The van der Waals surface area contributed by atoms with E-state index in [2.05, 4.69) is 21.5 Å². The van der Waals surface area contributed by atoms with E-state index in [1.54, 1.807) is 48.2 Å². The van der Waals surface area contributed by atoms with Crippen molar-refractivity contribution < 1.29 is 14.0 Å². The average Bonchev–Trinajstić information content (AvgIpc) is 2.71. The quantitative estimate of drug-likeness (QED) is 0.407. The molecule has 0 aliphatic rings.